The van der Waals surface area contributed by atoms with Gasteiger partial charge in [-0.25, -0.2) is 4.68 Å². The number of nitrogens with zero attached hydrogens (tertiary/aromatic N) is 4. The zero-order valence-corrected chi connectivity index (χ0v) is 17.4. The Kier molecular flexibility index (Phi) is 5.33. The van der Waals surface area contributed by atoms with Gasteiger partial charge < -0.3 is 4.42 Å². The third kappa shape index (κ3) is 3.81. The summed E-state index contributed by atoms with van der Waals surface area (Å²) in [7, 11) is 0. The summed E-state index contributed by atoms with van der Waals surface area (Å²) in [5.74, 6) is 1.07. The van der Waals surface area contributed by atoms with E-state index in [1.807, 2.05) is 61.5 Å². The van der Waals surface area contributed by atoms with Crippen LogP contribution in [0.15, 0.2) is 68.7 Å². The summed E-state index contributed by atoms with van der Waals surface area (Å²) in [4.78, 5) is 0. The van der Waals surface area contributed by atoms with Gasteiger partial charge in [-0.1, -0.05) is 53.7 Å². The lowest BCUT2D eigenvalue weighted by molar-refractivity contribution is 0.465. The van der Waals surface area contributed by atoms with Crippen molar-refractivity contribution in [1.29, 1.82) is 0 Å². The molecular formula is C19H14BrClN4OS. The molecule has 2 aromatic heterocycles. The molecule has 8 heteroatoms. The molecule has 4 rings (SSSR count). The van der Waals surface area contributed by atoms with E-state index >= 15 is 0 Å². The minimum atomic E-state index is 0.479. The topological polar surface area (TPSA) is 56.7 Å². The number of rotatable bonds is 5. The molecule has 0 spiro atoms. The molecule has 0 aliphatic rings. The largest absolute Gasteiger partial charge is 0.411 e. The molecule has 0 bridgehead atoms. The highest BCUT2D eigenvalue weighted by Crippen LogP contribution is 2.32. The Bertz CT molecular complexity index is 1080. The molecule has 0 N–H and O–H groups in total. The molecule has 2 heterocycles. The fourth-order valence-electron chi connectivity index (χ4n) is 2.58. The van der Waals surface area contributed by atoms with Crippen molar-refractivity contribution in [2.45, 2.75) is 17.9 Å². The van der Waals surface area contributed by atoms with Crippen LogP contribution in [0.2, 0.25) is 5.15 Å². The van der Waals surface area contributed by atoms with Crippen LogP contribution in [0.4, 0.5) is 0 Å². The third-order valence-corrected chi connectivity index (χ3v) is 5.90. The van der Waals surface area contributed by atoms with Gasteiger partial charge in [-0.15, -0.1) is 10.2 Å². The average Bonchev–Trinajstić information content (AvgIpc) is 3.26. The second-order valence-corrected chi connectivity index (χ2v) is 7.88. The molecule has 136 valence electrons. The Morgan fingerprint density at radius 3 is 2.59 bits per heavy atom. The quantitative estimate of drug-likeness (QED) is 0.344. The van der Waals surface area contributed by atoms with E-state index in [9.17, 15) is 0 Å². The van der Waals surface area contributed by atoms with E-state index < -0.39 is 0 Å². The minimum Gasteiger partial charge on any atom is -0.411 e. The van der Waals surface area contributed by atoms with Gasteiger partial charge in [-0.3, -0.25) is 0 Å². The number of halogens is 2. The monoisotopic (exact) mass is 460 g/mol. The Hall–Kier alpha value is -2.09. The van der Waals surface area contributed by atoms with Crippen LogP contribution in [0.3, 0.4) is 0 Å². The minimum absolute atomic E-state index is 0.479. The first-order valence-corrected chi connectivity index (χ1v) is 10.3. The van der Waals surface area contributed by atoms with Crippen LogP contribution in [-0.2, 0) is 5.75 Å². The number of hydrogen-bond donors (Lipinski definition) is 0. The molecule has 0 amide bonds. The Morgan fingerprint density at radius 2 is 1.81 bits per heavy atom. The molecule has 0 saturated heterocycles. The van der Waals surface area contributed by atoms with Crippen LogP contribution >= 0.6 is 39.3 Å². The highest BCUT2D eigenvalue weighted by atomic mass is 79.9. The van der Waals surface area contributed by atoms with Crippen molar-refractivity contribution in [3.63, 3.8) is 0 Å². The lowest BCUT2D eigenvalue weighted by atomic mass is 10.2. The highest BCUT2D eigenvalue weighted by molar-refractivity contribution is 9.10. The Labute approximate surface area is 173 Å². The van der Waals surface area contributed by atoms with E-state index in [0.29, 0.717) is 22.0 Å². The lowest BCUT2D eigenvalue weighted by Gasteiger charge is -2.02. The van der Waals surface area contributed by atoms with Crippen molar-refractivity contribution in [3.05, 3.63) is 75.5 Å². The van der Waals surface area contributed by atoms with E-state index in [1.165, 1.54) is 11.8 Å². The first-order valence-electron chi connectivity index (χ1n) is 8.14. The number of hydrogen-bond acceptors (Lipinski definition) is 5. The van der Waals surface area contributed by atoms with E-state index in [-0.39, 0.29) is 0 Å². The molecule has 0 fully saturated rings. The van der Waals surface area contributed by atoms with Gasteiger partial charge in [0.05, 0.1) is 16.9 Å². The zero-order chi connectivity index (χ0) is 18.8. The van der Waals surface area contributed by atoms with Crippen LogP contribution in [-0.4, -0.2) is 20.0 Å². The van der Waals surface area contributed by atoms with Crippen molar-refractivity contribution in [2.75, 3.05) is 0 Å². The van der Waals surface area contributed by atoms with Crippen molar-refractivity contribution in [3.8, 4) is 17.1 Å². The molecule has 27 heavy (non-hydrogen) atoms. The summed E-state index contributed by atoms with van der Waals surface area (Å²) in [6, 6.07) is 17.5. The number of para-hydroxylation sites is 1. The molecule has 0 radical (unpaired) electrons. The Balaban J connectivity index is 1.53. The maximum Gasteiger partial charge on any atom is 0.277 e. The summed E-state index contributed by atoms with van der Waals surface area (Å²) < 4.78 is 8.44. The van der Waals surface area contributed by atoms with E-state index in [4.69, 9.17) is 16.0 Å². The number of thioether (sulfide) groups is 1. The van der Waals surface area contributed by atoms with Gasteiger partial charge in [-0.2, -0.15) is 5.10 Å². The van der Waals surface area contributed by atoms with Gasteiger partial charge in [0, 0.05) is 15.8 Å². The fraction of sp³-hybridized carbons (Fsp3) is 0.105. The van der Waals surface area contributed by atoms with E-state index in [2.05, 4.69) is 31.2 Å². The summed E-state index contributed by atoms with van der Waals surface area (Å²) in [5, 5.41) is 13.9. The third-order valence-electron chi connectivity index (χ3n) is 3.97. The van der Waals surface area contributed by atoms with Gasteiger partial charge in [0.25, 0.3) is 5.22 Å². The smallest absolute Gasteiger partial charge is 0.277 e. The van der Waals surface area contributed by atoms with Crippen LogP contribution in [0.1, 0.15) is 11.3 Å². The molecule has 2 aromatic carbocycles. The molecule has 0 aliphatic heterocycles. The first kappa shape index (κ1) is 18.3. The zero-order valence-electron chi connectivity index (χ0n) is 14.3. The van der Waals surface area contributed by atoms with Gasteiger partial charge >= 0.3 is 0 Å². The lowest BCUT2D eigenvalue weighted by Crippen LogP contribution is -1.95. The van der Waals surface area contributed by atoms with Gasteiger partial charge in [0.15, 0.2) is 0 Å². The maximum absolute atomic E-state index is 6.57. The number of aryl methyl sites for hydroxylation is 1. The first-order chi connectivity index (χ1) is 13.1. The molecular weight excluding hydrogens is 448 g/mol. The van der Waals surface area contributed by atoms with Crippen molar-refractivity contribution >= 4 is 39.3 Å². The fourth-order valence-corrected chi connectivity index (χ4v) is 4.30. The summed E-state index contributed by atoms with van der Waals surface area (Å²) >= 11 is 11.5. The van der Waals surface area contributed by atoms with E-state index in [0.717, 1.165) is 27.0 Å². The second-order valence-electron chi connectivity index (χ2n) is 5.74. The molecule has 0 aliphatic carbocycles. The highest BCUT2D eigenvalue weighted by Gasteiger charge is 2.17. The number of aromatic nitrogens is 4. The average molecular weight is 462 g/mol. The van der Waals surface area contributed by atoms with Gasteiger partial charge in [0.1, 0.15) is 5.15 Å². The standard InChI is InChI=1S/C19H14BrClN4OS/c1-12-15(17(21)25(24-12)13-7-3-2-4-8-13)11-27-19-23-22-18(26-19)14-9-5-6-10-16(14)20/h2-10H,11H2,1H3. The predicted molar refractivity (Wildman–Crippen MR) is 110 cm³/mol. The summed E-state index contributed by atoms with van der Waals surface area (Å²) in [5.41, 5.74) is 3.62. The summed E-state index contributed by atoms with van der Waals surface area (Å²) in [6.45, 7) is 1.95. The van der Waals surface area contributed by atoms with E-state index in [1.54, 1.807) is 4.68 Å². The second kappa shape index (κ2) is 7.88. The van der Waals surface area contributed by atoms with Crippen LogP contribution in [0, 0.1) is 6.92 Å². The SMILES string of the molecule is Cc1nn(-c2ccccc2)c(Cl)c1CSc1nnc(-c2ccccc2Br)o1. The maximum atomic E-state index is 6.57. The van der Waals surface area contributed by atoms with Crippen LogP contribution < -0.4 is 0 Å². The molecule has 0 unspecified atom stereocenters. The number of benzene rings is 2. The molecule has 0 saturated carbocycles. The molecule has 0 atom stereocenters. The van der Waals surface area contributed by atoms with Crippen molar-refractivity contribution in [1.82, 2.24) is 20.0 Å². The predicted octanol–water partition coefficient (Wildman–Crippen LogP) is 5.94. The molecule has 4 aromatic rings. The molecule has 5 nitrogen and oxygen atoms in total. The Morgan fingerprint density at radius 1 is 1.07 bits per heavy atom. The van der Waals surface area contributed by atoms with Gasteiger partial charge in [0.2, 0.25) is 5.89 Å². The van der Waals surface area contributed by atoms with Crippen LogP contribution in [0.5, 0.6) is 0 Å². The normalized spacial score (nSPS) is 11.1. The van der Waals surface area contributed by atoms with Crippen LogP contribution in [0.25, 0.3) is 17.1 Å². The summed E-state index contributed by atoms with van der Waals surface area (Å²) in [6.07, 6.45) is 0. The van der Waals surface area contributed by atoms with Crippen molar-refractivity contribution < 1.29 is 4.42 Å². The van der Waals surface area contributed by atoms with Crippen molar-refractivity contribution in [2.24, 2.45) is 0 Å². The van der Waals surface area contributed by atoms with Gasteiger partial charge in [-0.05, 0) is 47.1 Å².